The van der Waals surface area contributed by atoms with Gasteiger partial charge >= 0.3 is 0 Å². The zero-order valence-electron chi connectivity index (χ0n) is 15.9. The highest BCUT2D eigenvalue weighted by molar-refractivity contribution is 5.94. The number of allylic oxidation sites excluding steroid dienone is 1. The molecule has 25 heavy (non-hydrogen) atoms. The first-order chi connectivity index (χ1) is 11.8. The van der Waals surface area contributed by atoms with E-state index in [-0.39, 0.29) is 29.0 Å². The van der Waals surface area contributed by atoms with Crippen molar-refractivity contribution in [2.75, 3.05) is 0 Å². The molecule has 4 rings (SSSR count). The van der Waals surface area contributed by atoms with Crippen LogP contribution in [-0.2, 0) is 14.4 Å². The largest absolute Gasteiger partial charge is 0.302 e. The first kappa shape index (κ1) is 17.2. The summed E-state index contributed by atoms with van der Waals surface area (Å²) >= 11 is 0. The third-order valence-corrected chi connectivity index (χ3v) is 8.88. The molecule has 0 amide bonds. The quantitative estimate of drug-likeness (QED) is 0.677. The van der Waals surface area contributed by atoms with Crippen molar-refractivity contribution in [2.24, 2.45) is 46.3 Å². The van der Waals surface area contributed by atoms with Crippen molar-refractivity contribution < 1.29 is 14.4 Å². The predicted octanol–water partition coefficient (Wildman–Crippen LogP) is 4.00. The molecule has 0 radical (unpaired) electrons. The van der Waals surface area contributed by atoms with Gasteiger partial charge in [0, 0.05) is 18.3 Å². The maximum absolute atomic E-state index is 12.6. The Morgan fingerprint density at radius 2 is 1.84 bits per heavy atom. The van der Waals surface area contributed by atoms with E-state index in [0.717, 1.165) is 24.8 Å². The highest BCUT2D eigenvalue weighted by Crippen LogP contribution is 2.67. The van der Waals surface area contributed by atoms with Crippen LogP contribution in [0, 0.1) is 46.3 Å². The maximum atomic E-state index is 12.6. The lowest BCUT2D eigenvalue weighted by atomic mass is 9.41. The molecule has 3 saturated carbocycles. The van der Waals surface area contributed by atoms with Crippen LogP contribution >= 0.6 is 0 Å². The number of Topliss-reactive ketones (excluding diaryl/α,β-unsaturated/α-hetero) is 1. The Bertz CT molecular complexity index is 677. The third kappa shape index (κ3) is 1.96. The highest BCUT2D eigenvalue weighted by atomic mass is 16.1. The van der Waals surface area contributed by atoms with Gasteiger partial charge in [0.15, 0.2) is 5.78 Å². The minimum Gasteiger partial charge on any atom is -0.302 e. The Morgan fingerprint density at radius 3 is 2.52 bits per heavy atom. The van der Waals surface area contributed by atoms with Gasteiger partial charge in [-0.15, -0.1) is 0 Å². The number of fused-ring (bicyclic) bond motifs is 5. The number of ketones is 2. The molecule has 0 N–H and O–H groups in total. The van der Waals surface area contributed by atoms with Gasteiger partial charge in [0.2, 0.25) is 0 Å². The lowest BCUT2D eigenvalue weighted by molar-refractivity contribution is -0.146. The Labute approximate surface area is 150 Å². The summed E-state index contributed by atoms with van der Waals surface area (Å²) in [6.07, 6.45) is 7.00. The van der Waals surface area contributed by atoms with E-state index in [9.17, 15) is 14.4 Å². The third-order valence-electron chi connectivity index (χ3n) is 8.88. The summed E-state index contributed by atoms with van der Waals surface area (Å²) in [7, 11) is 0. The van der Waals surface area contributed by atoms with E-state index >= 15 is 0 Å². The Kier molecular flexibility index (Phi) is 3.69. The Balaban J connectivity index is 1.87. The fourth-order valence-corrected chi connectivity index (χ4v) is 7.36. The van der Waals surface area contributed by atoms with E-state index in [1.165, 1.54) is 6.29 Å². The molecule has 136 valence electrons. The molecule has 3 heteroatoms. The van der Waals surface area contributed by atoms with Gasteiger partial charge in [0.1, 0.15) is 12.1 Å². The van der Waals surface area contributed by atoms with Gasteiger partial charge in [0.25, 0.3) is 0 Å². The van der Waals surface area contributed by atoms with Gasteiger partial charge in [-0.2, -0.15) is 0 Å². The number of hydrogen-bond donors (Lipinski definition) is 0. The molecule has 3 nitrogen and oxygen atoms in total. The second-order valence-electron chi connectivity index (χ2n) is 9.58. The fraction of sp³-hybridized carbons (Fsp3) is 0.773. The van der Waals surface area contributed by atoms with E-state index in [0.29, 0.717) is 36.4 Å². The summed E-state index contributed by atoms with van der Waals surface area (Å²) in [4.78, 5) is 37.4. The molecule has 0 aromatic carbocycles. The van der Waals surface area contributed by atoms with Crippen LogP contribution in [-0.4, -0.2) is 17.9 Å². The molecule has 0 aromatic heterocycles. The summed E-state index contributed by atoms with van der Waals surface area (Å²) in [5, 5.41) is 0. The fourth-order valence-electron chi connectivity index (χ4n) is 7.36. The van der Waals surface area contributed by atoms with Gasteiger partial charge in [-0.05, 0) is 66.4 Å². The zero-order chi connectivity index (χ0) is 18.1. The van der Waals surface area contributed by atoms with Crippen molar-refractivity contribution in [2.45, 2.75) is 59.8 Å². The average Bonchev–Trinajstić information content (AvgIpc) is 2.87. The van der Waals surface area contributed by atoms with Crippen LogP contribution in [0.4, 0.5) is 0 Å². The second kappa shape index (κ2) is 5.37. The number of carbonyl (C=O) groups is 3. The molecule has 0 aromatic rings. The monoisotopic (exact) mass is 342 g/mol. The lowest BCUT2D eigenvalue weighted by Crippen LogP contribution is -2.59. The first-order valence-electron chi connectivity index (χ1n) is 10.0. The second-order valence-corrected chi connectivity index (χ2v) is 9.58. The van der Waals surface area contributed by atoms with E-state index in [1.54, 1.807) is 6.08 Å². The van der Waals surface area contributed by atoms with E-state index < -0.39 is 5.41 Å². The molecule has 0 aliphatic heterocycles. The smallest absolute Gasteiger partial charge is 0.156 e. The molecule has 0 spiro atoms. The van der Waals surface area contributed by atoms with E-state index in [2.05, 4.69) is 27.7 Å². The average molecular weight is 342 g/mol. The van der Waals surface area contributed by atoms with Crippen molar-refractivity contribution in [3.63, 3.8) is 0 Å². The normalized spacial score (nSPS) is 52.1. The van der Waals surface area contributed by atoms with Gasteiger partial charge < -0.3 is 4.79 Å². The number of hydrogen-bond acceptors (Lipinski definition) is 3. The van der Waals surface area contributed by atoms with Crippen molar-refractivity contribution >= 4 is 17.9 Å². The molecule has 0 saturated heterocycles. The van der Waals surface area contributed by atoms with Crippen molar-refractivity contribution in [3.05, 3.63) is 11.6 Å². The van der Waals surface area contributed by atoms with Gasteiger partial charge in [-0.3, -0.25) is 9.59 Å². The summed E-state index contributed by atoms with van der Waals surface area (Å²) < 4.78 is 0. The molecular weight excluding hydrogens is 312 g/mol. The van der Waals surface area contributed by atoms with Crippen LogP contribution in [0.5, 0.6) is 0 Å². The standard InChI is InChI=1S/C22H30O3/c1-12-9-15(24)10-18-13(2)14(3)20-16-5-6-19(25)21(16,4)8-7-17(20)22(12,18)11-23/h10-14,16-17,20H,5-9H2,1-4H3/t12?,13?,14?,16-,17-,20-,21-,22+/m0/s1. The zero-order valence-corrected chi connectivity index (χ0v) is 15.9. The topological polar surface area (TPSA) is 51.2 Å². The van der Waals surface area contributed by atoms with Crippen molar-refractivity contribution in [1.29, 1.82) is 0 Å². The highest BCUT2D eigenvalue weighted by Gasteiger charge is 2.64. The number of carbonyl (C=O) groups excluding carboxylic acids is 3. The van der Waals surface area contributed by atoms with Gasteiger partial charge in [-0.1, -0.05) is 27.7 Å². The van der Waals surface area contributed by atoms with Crippen LogP contribution in [0.1, 0.15) is 59.8 Å². The molecule has 3 unspecified atom stereocenters. The molecule has 3 fully saturated rings. The van der Waals surface area contributed by atoms with Crippen LogP contribution < -0.4 is 0 Å². The van der Waals surface area contributed by atoms with Gasteiger partial charge in [0.05, 0.1) is 5.41 Å². The molecule has 0 heterocycles. The van der Waals surface area contributed by atoms with Crippen molar-refractivity contribution in [1.82, 2.24) is 0 Å². The van der Waals surface area contributed by atoms with E-state index in [1.807, 2.05) is 0 Å². The van der Waals surface area contributed by atoms with Gasteiger partial charge in [-0.25, -0.2) is 0 Å². The predicted molar refractivity (Wildman–Crippen MR) is 95.7 cm³/mol. The molecule has 8 atom stereocenters. The molecule has 0 bridgehead atoms. The molecular formula is C22H30O3. The van der Waals surface area contributed by atoms with Crippen LogP contribution in [0.15, 0.2) is 11.6 Å². The summed E-state index contributed by atoms with van der Waals surface area (Å²) in [5.74, 6) is 2.43. The minimum atomic E-state index is -0.489. The summed E-state index contributed by atoms with van der Waals surface area (Å²) in [6, 6.07) is 0. The Hall–Kier alpha value is -1.25. The van der Waals surface area contributed by atoms with Crippen LogP contribution in [0.3, 0.4) is 0 Å². The maximum Gasteiger partial charge on any atom is 0.156 e. The summed E-state index contributed by atoms with van der Waals surface area (Å²) in [6.45, 7) is 8.75. The van der Waals surface area contributed by atoms with Crippen LogP contribution in [0.25, 0.3) is 0 Å². The lowest BCUT2D eigenvalue weighted by Gasteiger charge is -2.61. The first-order valence-corrected chi connectivity index (χ1v) is 10.0. The molecule has 4 aliphatic rings. The van der Waals surface area contributed by atoms with E-state index in [4.69, 9.17) is 0 Å². The van der Waals surface area contributed by atoms with Crippen molar-refractivity contribution in [3.8, 4) is 0 Å². The molecule has 4 aliphatic carbocycles. The Morgan fingerprint density at radius 1 is 1.12 bits per heavy atom. The summed E-state index contributed by atoms with van der Waals surface area (Å²) in [5.41, 5.74) is 0.416. The minimum absolute atomic E-state index is 0.0708. The van der Waals surface area contributed by atoms with Crippen LogP contribution in [0.2, 0.25) is 0 Å². The SMILES string of the molecule is CC1C2=CC(=O)CC(C)[C@]2(C=O)[C@H]2CC[C@]3(C)C(=O)CC[C@H]3[C@@H]2C1C. The number of rotatable bonds is 1. The number of aldehydes is 1.